The first-order valence-corrected chi connectivity index (χ1v) is 6.78. The van der Waals surface area contributed by atoms with Gasteiger partial charge in [0, 0.05) is 16.5 Å². The van der Waals surface area contributed by atoms with Crippen molar-refractivity contribution in [3.63, 3.8) is 0 Å². The molecule has 0 heterocycles. The standard InChI is InChI=1S/C16H20ClN/c1-4-16(2,3)15(18)13-9-5-8-12-11(13)7-6-10-14(12)17/h5-10,15H,4,18H2,1-3H3. The van der Waals surface area contributed by atoms with E-state index >= 15 is 0 Å². The Morgan fingerprint density at radius 1 is 1.11 bits per heavy atom. The summed E-state index contributed by atoms with van der Waals surface area (Å²) in [5.41, 5.74) is 7.72. The topological polar surface area (TPSA) is 26.0 Å². The zero-order chi connectivity index (χ0) is 13.3. The van der Waals surface area contributed by atoms with E-state index in [0.29, 0.717) is 0 Å². The van der Waals surface area contributed by atoms with E-state index in [9.17, 15) is 0 Å². The molecule has 96 valence electrons. The van der Waals surface area contributed by atoms with Crippen molar-refractivity contribution in [2.45, 2.75) is 33.2 Å². The fourth-order valence-electron chi connectivity index (χ4n) is 2.21. The quantitative estimate of drug-likeness (QED) is 0.833. The first kappa shape index (κ1) is 13.4. The number of hydrogen-bond acceptors (Lipinski definition) is 1. The van der Waals surface area contributed by atoms with Crippen molar-refractivity contribution in [3.05, 3.63) is 47.0 Å². The van der Waals surface area contributed by atoms with Crippen LogP contribution in [0.5, 0.6) is 0 Å². The zero-order valence-electron chi connectivity index (χ0n) is 11.2. The summed E-state index contributed by atoms with van der Waals surface area (Å²) in [5.74, 6) is 0. The fourth-order valence-corrected chi connectivity index (χ4v) is 2.45. The number of rotatable bonds is 3. The van der Waals surface area contributed by atoms with Crippen molar-refractivity contribution in [1.82, 2.24) is 0 Å². The van der Waals surface area contributed by atoms with Gasteiger partial charge in [-0.15, -0.1) is 0 Å². The Bertz CT molecular complexity index is 560. The van der Waals surface area contributed by atoms with Gasteiger partial charge in [-0.2, -0.15) is 0 Å². The molecular formula is C16H20ClN. The van der Waals surface area contributed by atoms with Crippen LogP contribution in [0.15, 0.2) is 36.4 Å². The normalized spacial score (nSPS) is 13.8. The summed E-state index contributed by atoms with van der Waals surface area (Å²) in [6.07, 6.45) is 1.05. The average Bonchev–Trinajstić information content (AvgIpc) is 2.38. The van der Waals surface area contributed by atoms with Crippen molar-refractivity contribution < 1.29 is 0 Å². The molecule has 0 fully saturated rings. The van der Waals surface area contributed by atoms with Crippen molar-refractivity contribution in [2.24, 2.45) is 11.1 Å². The van der Waals surface area contributed by atoms with E-state index in [1.807, 2.05) is 24.3 Å². The average molecular weight is 262 g/mol. The number of nitrogens with two attached hydrogens (primary N) is 1. The van der Waals surface area contributed by atoms with Gasteiger partial charge in [0.2, 0.25) is 0 Å². The summed E-state index contributed by atoms with van der Waals surface area (Å²) >= 11 is 6.24. The Morgan fingerprint density at radius 3 is 2.39 bits per heavy atom. The third kappa shape index (κ3) is 2.25. The molecular weight excluding hydrogens is 242 g/mol. The molecule has 0 aliphatic rings. The van der Waals surface area contributed by atoms with Crippen LogP contribution in [0, 0.1) is 5.41 Å². The number of hydrogen-bond donors (Lipinski definition) is 1. The van der Waals surface area contributed by atoms with Gasteiger partial charge in [-0.05, 0) is 28.9 Å². The number of halogens is 1. The lowest BCUT2D eigenvalue weighted by atomic mass is 9.78. The van der Waals surface area contributed by atoms with Crippen LogP contribution >= 0.6 is 11.6 Å². The maximum atomic E-state index is 6.46. The molecule has 1 unspecified atom stereocenters. The lowest BCUT2D eigenvalue weighted by Crippen LogP contribution is -2.28. The molecule has 2 heteroatoms. The van der Waals surface area contributed by atoms with E-state index in [4.69, 9.17) is 17.3 Å². The van der Waals surface area contributed by atoms with Gasteiger partial charge in [0.25, 0.3) is 0 Å². The van der Waals surface area contributed by atoms with Crippen molar-refractivity contribution in [3.8, 4) is 0 Å². The molecule has 0 amide bonds. The van der Waals surface area contributed by atoms with Crippen LogP contribution < -0.4 is 5.73 Å². The Hall–Kier alpha value is -1.05. The molecule has 0 aliphatic carbocycles. The van der Waals surface area contributed by atoms with E-state index in [1.54, 1.807) is 0 Å². The molecule has 0 aliphatic heterocycles. The third-order valence-corrected chi connectivity index (χ3v) is 4.32. The fraction of sp³-hybridized carbons (Fsp3) is 0.375. The second-order valence-corrected chi connectivity index (χ2v) is 5.91. The summed E-state index contributed by atoms with van der Waals surface area (Å²) < 4.78 is 0. The highest BCUT2D eigenvalue weighted by atomic mass is 35.5. The molecule has 2 aromatic rings. The monoisotopic (exact) mass is 261 g/mol. The second-order valence-electron chi connectivity index (χ2n) is 5.50. The predicted octanol–water partition coefficient (Wildman–Crippen LogP) is 4.93. The van der Waals surface area contributed by atoms with E-state index in [-0.39, 0.29) is 11.5 Å². The summed E-state index contributed by atoms with van der Waals surface area (Å²) in [6, 6.07) is 12.2. The third-order valence-electron chi connectivity index (χ3n) is 3.99. The predicted molar refractivity (Wildman–Crippen MR) is 80.0 cm³/mol. The first-order valence-electron chi connectivity index (χ1n) is 6.40. The van der Waals surface area contributed by atoms with Crippen LogP contribution in [0.4, 0.5) is 0 Å². The maximum Gasteiger partial charge on any atom is 0.0484 e. The highest BCUT2D eigenvalue weighted by Crippen LogP contribution is 2.38. The van der Waals surface area contributed by atoms with Gasteiger partial charge >= 0.3 is 0 Å². The van der Waals surface area contributed by atoms with Crippen molar-refractivity contribution in [1.29, 1.82) is 0 Å². The minimum Gasteiger partial charge on any atom is -0.323 e. The summed E-state index contributed by atoms with van der Waals surface area (Å²) in [7, 11) is 0. The van der Waals surface area contributed by atoms with Gasteiger partial charge in [-0.25, -0.2) is 0 Å². The highest BCUT2D eigenvalue weighted by Gasteiger charge is 2.26. The van der Waals surface area contributed by atoms with E-state index < -0.39 is 0 Å². The van der Waals surface area contributed by atoms with E-state index in [1.165, 1.54) is 10.9 Å². The van der Waals surface area contributed by atoms with Gasteiger partial charge in [0.15, 0.2) is 0 Å². The Morgan fingerprint density at radius 2 is 1.72 bits per heavy atom. The Kier molecular flexibility index (Phi) is 3.65. The molecule has 0 saturated carbocycles. The largest absolute Gasteiger partial charge is 0.323 e. The molecule has 0 saturated heterocycles. The molecule has 1 atom stereocenters. The zero-order valence-corrected chi connectivity index (χ0v) is 12.0. The van der Waals surface area contributed by atoms with E-state index in [2.05, 4.69) is 32.9 Å². The minimum atomic E-state index is 0.0182. The number of fused-ring (bicyclic) bond motifs is 1. The van der Waals surface area contributed by atoms with Crippen molar-refractivity contribution >= 4 is 22.4 Å². The second kappa shape index (κ2) is 4.91. The molecule has 0 aromatic heterocycles. The van der Waals surface area contributed by atoms with Gasteiger partial charge < -0.3 is 5.73 Å². The molecule has 2 aromatic carbocycles. The molecule has 18 heavy (non-hydrogen) atoms. The van der Waals surface area contributed by atoms with Crippen LogP contribution in [-0.4, -0.2) is 0 Å². The van der Waals surface area contributed by atoms with Gasteiger partial charge in [-0.3, -0.25) is 0 Å². The Balaban J connectivity index is 2.62. The van der Waals surface area contributed by atoms with Gasteiger partial charge in [0.1, 0.15) is 0 Å². The molecule has 2 N–H and O–H groups in total. The minimum absolute atomic E-state index is 0.0182. The maximum absolute atomic E-state index is 6.46. The van der Waals surface area contributed by atoms with Gasteiger partial charge in [-0.1, -0.05) is 62.7 Å². The van der Waals surface area contributed by atoms with Gasteiger partial charge in [0.05, 0.1) is 0 Å². The number of benzene rings is 2. The van der Waals surface area contributed by atoms with Crippen molar-refractivity contribution in [2.75, 3.05) is 0 Å². The van der Waals surface area contributed by atoms with Crippen LogP contribution in [0.3, 0.4) is 0 Å². The van der Waals surface area contributed by atoms with Crippen LogP contribution in [0.2, 0.25) is 5.02 Å². The summed E-state index contributed by atoms with van der Waals surface area (Å²) in [4.78, 5) is 0. The smallest absolute Gasteiger partial charge is 0.0484 e. The van der Waals surface area contributed by atoms with Crippen LogP contribution in [0.25, 0.3) is 10.8 Å². The van der Waals surface area contributed by atoms with E-state index in [0.717, 1.165) is 16.8 Å². The van der Waals surface area contributed by atoms with Crippen LogP contribution in [0.1, 0.15) is 38.8 Å². The molecule has 2 rings (SSSR count). The molecule has 0 radical (unpaired) electrons. The molecule has 0 bridgehead atoms. The SMILES string of the molecule is CCC(C)(C)C(N)c1cccc2c(Cl)cccc12. The summed E-state index contributed by atoms with van der Waals surface area (Å²) in [6.45, 7) is 6.60. The molecule has 0 spiro atoms. The highest BCUT2D eigenvalue weighted by molar-refractivity contribution is 6.35. The summed E-state index contributed by atoms with van der Waals surface area (Å²) in [5, 5.41) is 3.04. The first-order chi connectivity index (χ1) is 8.47. The Labute approximate surface area is 114 Å². The molecule has 1 nitrogen and oxygen atoms in total. The van der Waals surface area contributed by atoms with Crippen LogP contribution in [-0.2, 0) is 0 Å². The lowest BCUT2D eigenvalue weighted by molar-refractivity contribution is 0.280. The lowest BCUT2D eigenvalue weighted by Gasteiger charge is -2.31.